The summed E-state index contributed by atoms with van der Waals surface area (Å²) in [5, 5.41) is 24.2. The smallest absolute Gasteiger partial charge is 0.136 e. The van der Waals surface area contributed by atoms with Gasteiger partial charge < -0.3 is 22.7 Å². The van der Waals surface area contributed by atoms with Crippen LogP contribution in [0.4, 0.5) is 0 Å². The van der Waals surface area contributed by atoms with Gasteiger partial charge >= 0.3 is 0 Å². The molecule has 81 heavy (non-hydrogen) atoms. The Hall–Kier alpha value is -10.1. The van der Waals surface area contributed by atoms with Crippen molar-refractivity contribution < 1.29 is 4.42 Å². The van der Waals surface area contributed by atoms with Crippen molar-refractivity contribution in [1.82, 2.24) is 18.3 Å². The fraction of sp³-hybridized carbons (Fsp3) is 0.107. The van der Waals surface area contributed by atoms with Gasteiger partial charge in [0.15, 0.2) is 0 Å². The number of nitrogens with zero attached hydrogens (tertiary/aromatic N) is 5. The van der Waals surface area contributed by atoms with Crippen LogP contribution < -0.4 is 0 Å². The Labute approximate surface area is 468 Å². The van der Waals surface area contributed by atoms with Crippen molar-refractivity contribution in [2.75, 3.05) is 0 Å². The van der Waals surface area contributed by atoms with Crippen molar-refractivity contribution in [1.29, 1.82) is 5.26 Å². The van der Waals surface area contributed by atoms with E-state index in [-0.39, 0.29) is 0 Å². The third kappa shape index (κ3) is 6.61. The lowest BCUT2D eigenvalue weighted by molar-refractivity contribution is 0.669. The summed E-state index contributed by atoms with van der Waals surface area (Å²) in [6.45, 7) is 17.4. The molecular formula is C75H55N5O. The lowest BCUT2D eigenvalue weighted by Crippen LogP contribution is -2.16. The zero-order valence-corrected chi connectivity index (χ0v) is 46.5. The molecule has 0 unspecified atom stereocenters. The summed E-state index contributed by atoms with van der Waals surface area (Å²) < 4.78 is 16.8. The van der Waals surface area contributed by atoms with Crippen LogP contribution in [0.1, 0.15) is 50.1 Å². The van der Waals surface area contributed by atoms with Crippen LogP contribution in [0.5, 0.6) is 0 Å². The highest BCUT2D eigenvalue weighted by atomic mass is 16.3. The second kappa shape index (κ2) is 17.0. The van der Waals surface area contributed by atoms with Crippen LogP contribution in [0.15, 0.2) is 192 Å². The van der Waals surface area contributed by atoms with Crippen LogP contribution in [-0.2, 0) is 0 Å². The van der Waals surface area contributed by atoms with Crippen LogP contribution >= 0.6 is 0 Å². The zero-order valence-electron chi connectivity index (χ0n) is 46.5. The molecule has 5 aromatic heterocycles. The van der Waals surface area contributed by atoms with Gasteiger partial charge in [0.1, 0.15) is 22.8 Å². The van der Waals surface area contributed by atoms with Gasteiger partial charge in [-0.25, -0.2) is 0 Å². The SMILES string of the molecule is Cc1ccc2c(c1)c1cc(C)ccc1n2-c1c(C#N)c(-n2c3ccc(C)cc3c3cc(C)ccc32)c(-n2c3ccc(C)cc3c3cc(C)ccc32)c(-c2cccc3oc4ccccc4c23)c1-n1c2ccc(C)cc2c2cc(C)ccc21. The normalized spacial score (nSPS) is 12.2. The lowest BCUT2D eigenvalue weighted by Gasteiger charge is -2.29. The van der Waals surface area contributed by atoms with Gasteiger partial charge in [-0.3, -0.25) is 0 Å². The topological polar surface area (TPSA) is 56.6 Å². The minimum atomic E-state index is 0.538. The molecule has 386 valence electrons. The average molecular weight is 1040 g/mol. The first kappa shape index (κ1) is 47.0. The van der Waals surface area contributed by atoms with E-state index >= 15 is 0 Å². The van der Waals surface area contributed by atoms with Gasteiger partial charge in [0.2, 0.25) is 0 Å². The number of rotatable bonds is 5. The molecule has 0 spiro atoms. The Kier molecular flexibility index (Phi) is 9.83. The molecule has 0 N–H and O–H groups in total. The fourth-order valence-corrected chi connectivity index (χ4v) is 13.9. The third-order valence-corrected chi connectivity index (χ3v) is 17.4. The van der Waals surface area contributed by atoms with Gasteiger partial charge in [0.05, 0.1) is 66.9 Å². The van der Waals surface area contributed by atoms with E-state index in [1.165, 1.54) is 44.5 Å². The number of fused-ring (bicyclic) bond motifs is 15. The molecule has 6 nitrogen and oxygen atoms in total. The fourth-order valence-electron chi connectivity index (χ4n) is 13.9. The van der Waals surface area contributed by atoms with Crippen LogP contribution in [0, 0.1) is 66.7 Å². The first-order valence-corrected chi connectivity index (χ1v) is 28.0. The second-order valence-corrected chi connectivity index (χ2v) is 23.0. The van der Waals surface area contributed by atoms with Gasteiger partial charge in [-0.2, -0.15) is 5.26 Å². The van der Waals surface area contributed by atoms with Gasteiger partial charge in [-0.1, -0.05) is 123 Å². The monoisotopic (exact) mass is 1040 g/mol. The Balaban J connectivity index is 1.30. The van der Waals surface area contributed by atoms with Crippen molar-refractivity contribution in [2.45, 2.75) is 55.4 Å². The van der Waals surface area contributed by atoms with E-state index in [1.807, 2.05) is 0 Å². The van der Waals surface area contributed by atoms with Crippen molar-refractivity contribution in [3.05, 3.63) is 238 Å². The first-order valence-electron chi connectivity index (χ1n) is 28.0. The van der Waals surface area contributed by atoms with Crippen molar-refractivity contribution in [3.8, 4) is 39.9 Å². The molecule has 0 saturated heterocycles. The molecule has 0 saturated carbocycles. The Bertz CT molecular complexity index is 5010. The second-order valence-electron chi connectivity index (χ2n) is 23.0. The summed E-state index contributed by atoms with van der Waals surface area (Å²) in [5.41, 5.74) is 25.0. The minimum absolute atomic E-state index is 0.538. The van der Waals surface area contributed by atoms with Crippen LogP contribution in [-0.4, -0.2) is 18.3 Å². The van der Waals surface area contributed by atoms with Crippen molar-refractivity contribution in [2.24, 2.45) is 0 Å². The summed E-state index contributed by atoms with van der Waals surface area (Å²) in [6.07, 6.45) is 0. The standard InChI is InChI=1S/C75H55N5O/c1-41-16-24-60-51(32-41)52-33-42(2)17-25-61(52)77(60)72-59(40-76)73(78-62-26-18-43(3)34-53(62)54-35-44(4)19-27-63(54)78)75(80-66-30-22-47(7)38-57(66)58-39-48(8)23-31-67(58)80)71(50-13-11-15-69-70(50)49-12-9-10-14-68(49)81-69)74(72)79-64-28-20-45(5)36-55(64)56-37-46(6)21-29-65(56)79/h9-39H,1-8H3. The summed E-state index contributed by atoms with van der Waals surface area (Å²) in [4.78, 5) is 0. The summed E-state index contributed by atoms with van der Waals surface area (Å²) in [5.74, 6) is 0. The Morgan fingerprint density at radius 2 is 0.580 bits per heavy atom. The number of hydrogen-bond donors (Lipinski definition) is 0. The number of furan rings is 1. The molecule has 0 atom stereocenters. The maximum absolute atomic E-state index is 13.1. The van der Waals surface area contributed by atoms with Gasteiger partial charge in [-0.05, 0) is 170 Å². The quantitative estimate of drug-likeness (QED) is 0.172. The summed E-state index contributed by atoms with van der Waals surface area (Å²) in [7, 11) is 0. The number of benzene rings is 11. The van der Waals surface area contributed by atoms with Gasteiger partial charge in [-0.15, -0.1) is 0 Å². The van der Waals surface area contributed by atoms with Crippen molar-refractivity contribution in [3.63, 3.8) is 0 Å². The maximum Gasteiger partial charge on any atom is 0.136 e. The number of aryl methyl sites for hydroxylation is 8. The third-order valence-electron chi connectivity index (χ3n) is 17.4. The van der Waals surface area contributed by atoms with E-state index in [1.54, 1.807) is 0 Å². The molecule has 0 aliphatic carbocycles. The molecule has 11 aromatic carbocycles. The van der Waals surface area contributed by atoms with Crippen LogP contribution in [0.25, 0.3) is 143 Å². The van der Waals surface area contributed by atoms with E-state index < -0.39 is 0 Å². The summed E-state index contributed by atoms with van der Waals surface area (Å²) >= 11 is 0. The largest absolute Gasteiger partial charge is 0.456 e. The molecule has 5 heterocycles. The highest BCUT2D eigenvalue weighted by molar-refractivity contribution is 6.21. The average Bonchev–Trinajstić information content (AvgIpc) is 3.51. The Morgan fingerprint density at radius 1 is 0.296 bits per heavy atom. The van der Waals surface area contributed by atoms with E-state index in [9.17, 15) is 5.26 Å². The van der Waals surface area contributed by atoms with Gasteiger partial charge in [0, 0.05) is 59.4 Å². The molecule has 16 aromatic rings. The predicted octanol–water partition coefficient (Wildman–Crippen LogP) is 20.0. The molecule has 16 rings (SSSR count). The Morgan fingerprint density at radius 3 is 0.889 bits per heavy atom. The van der Waals surface area contributed by atoms with E-state index in [4.69, 9.17) is 4.42 Å². The zero-order chi connectivity index (χ0) is 54.9. The van der Waals surface area contributed by atoms with E-state index in [2.05, 4.69) is 268 Å². The van der Waals surface area contributed by atoms with Crippen molar-refractivity contribution >= 4 is 109 Å². The molecule has 0 aliphatic rings. The molecule has 0 amide bonds. The number of aromatic nitrogens is 4. The number of para-hydroxylation sites is 1. The van der Waals surface area contributed by atoms with E-state index in [0.29, 0.717) is 5.56 Å². The molecule has 0 fully saturated rings. The highest BCUT2D eigenvalue weighted by Crippen LogP contribution is 2.54. The molecule has 0 bridgehead atoms. The number of nitriles is 1. The van der Waals surface area contributed by atoms with Crippen LogP contribution in [0.2, 0.25) is 0 Å². The number of hydrogen-bond acceptors (Lipinski definition) is 2. The van der Waals surface area contributed by atoms with Crippen LogP contribution in [0.3, 0.4) is 0 Å². The first-order chi connectivity index (χ1) is 39.4. The maximum atomic E-state index is 13.1. The summed E-state index contributed by atoms with van der Waals surface area (Å²) in [6, 6.07) is 72.8. The minimum Gasteiger partial charge on any atom is -0.456 e. The molecular weight excluding hydrogens is 987 g/mol. The van der Waals surface area contributed by atoms with Gasteiger partial charge in [0.25, 0.3) is 0 Å². The molecule has 0 radical (unpaired) electrons. The highest BCUT2D eigenvalue weighted by Gasteiger charge is 2.36. The van der Waals surface area contributed by atoms with E-state index in [0.717, 1.165) is 143 Å². The lowest BCUT2D eigenvalue weighted by atomic mass is 9.91. The predicted molar refractivity (Wildman–Crippen MR) is 339 cm³/mol. The molecule has 6 heteroatoms. The molecule has 0 aliphatic heterocycles.